The number of Topliss-reactive ketones (excluding diaryl/α,β-unsaturated/α-hetero) is 1. The zero-order valence-corrected chi connectivity index (χ0v) is 8.31. The lowest BCUT2D eigenvalue weighted by Gasteiger charge is -2.07. The van der Waals surface area contributed by atoms with E-state index in [4.69, 9.17) is 5.84 Å². The Morgan fingerprint density at radius 1 is 1.64 bits per heavy atom. The minimum absolute atomic E-state index is 0.125. The second-order valence-corrected chi connectivity index (χ2v) is 3.25. The van der Waals surface area contributed by atoms with E-state index in [1.807, 2.05) is 0 Å². The number of carbonyl (C=O) groups excluding carboxylic acids is 1. The standard InChI is InChI=1S/C10H15N3O/c1-13(11)7-3-5-10(14)9-4-2-6-12-8-9/h2,4,6,8H,3,5,7,11H2,1H3. The molecular formula is C10H15N3O. The lowest BCUT2D eigenvalue weighted by atomic mass is 10.1. The van der Waals surface area contributed by atoms with Gasteiger partial charge in [-0.2, -0.15) is 0 Å². The van der Waals surface area contributed by atoms with Crippen LogP contribution in [-0.4, -0.2) is 29.4 Å². The molecule has 4 heteroatoms. The molecule has 0 saturated carbocycles. The highest BCUT2D eigenvalue weighted by molar-refractivity contribution is 5.95. The Balaban J connectivity index is 2.36. The lowest BCUT2D eigenvalue weighted by Crippen LogP contribution is -2.27. The van der Waals surface area contributed by atoms with Crippen molar-refractivity contribution in [1.82, 2.24) is 9.99 Å². The molecule has 0 aromatic carbocycles. The molecule has 14 heavy (non-hydrogen) atoms. The first kappa shape index (κ1) is 10.8. The summed E-state index contributed by atoms with van der Waals surface area (Å²) in [5.74, 6) is 5.55. The van der Waals surface area contributed by atoms with Crippen molar-refractivity contribution >= 4 is 5.78 Å². The van der Waals surface area contributed by atoms with E-state index in [1.54, 1.807) is 36.6 Å². The fourth-order valence-corrected chi connectivity index (χ4v) is 1.16. The SMILES string of the molecule is CN(N)CCCC(=O)c1cccnc1. The topological polar surface area (TPSA) is 59.2 Å². The molecule has 2 N–H and O–H groups in total. The Morgan fingerprint density at radius 3 is 3.00 bits per heavy atom. The summed E-state index contributed by atoms with van der Waals surface area (Å²) in [6.45, 7) is 0.728. The van der Waals surface area contributed by atoms with Crippen LogP contribution in [0.3, 0.4) is 0 Å². The molecule has 1 heterocycles. The van der Waals surface area contributed by atoms with Crippen LogP contribution in [0, 0.1) is 0 Å². The van der Waals surface area contributed by atoms with Gasteiger partial charge >= 0.3 is 0 Å². The number of aromatic nitrogens is 1. The van der Waals surface area contributed by atoms with E-state index in [0.717, 1.165) is 13.0 Å². The van der Waals surface area contributed by atoms with Crippen molar-refractivity contribution in [2.75, 3.05) is 13.6 Å². The quantitative estimate of drug-likeness (QED) is 0.428. The third-order valence-corrected chi connectivity index (χ3v) is 1.90. The number of nitrogens with two attached hydrogens (primary N) is 1. The molecule has 1 aromatic heterocycles. The Hall–Kier alpha value is -1.26. The predicted molar refractivity (Wildman–Crippen MR) is 54.6 cm³/mol. The van der Waals surface area contributed by atoms with Gasteiger partial charge in [0.25, 0.3) is 0 Å². The van der Waals surface area contributed by atoms with Crippen LogP contribution in [0.5, 0.6) is 0 Å². The maximum atomic E-state index is 11.5. The Kier molecular flexibility index (Phi) is 4.22. The van der Waals surface area contributed by atoms with Crippen LogP contribution in [0.1, 0.15) is 23.2 Å². The van der Waals surface area contributed by atoms with E-state index in [1.165, 1.54) is 0 Å². The average Bonchev–Trinajstić information content (AvgIpc) is 2.18. The summed E-state index contributed by atoms with van der Waals surface area (Å²) in [6.07, 6.45) is 4.55. The molecule has 0 fully saturated rings. The van der Waals surface area contributed by atoms with Gasteiger partial charge in [0.15, 0.2) is 5.78 Å². The molecule has 0 unspecified atom stereocenters. The molecule has 4 nitrogen and oxygen atoms in total. The highest BCUT2D eigenvalue weighted by Crippen LogP contribution is 2.03. The van der Waals surface area contributed by atoms with E-state index in [2.05, 4.69) is 4.98 Å². The first-order valence-electron chi connectivity index (χ1n) is 4.59. The lowest BCUT2D eigenvalue weighted by molar-refractivity contribution is 0.0976. The van der Waals surface area contributed by atoms with Crippen LogP contribution in [0.25, 0.3) is 0 Å². The summed E-state index contributed by atoms with van der Waals surface area (Å²) >= 11 is 0. The van der Waals surface area contributed by atoms with Gasteiger partial charge in [0, 0.05) is 38.0 Å². The molecule has 0 saturated heterocycles. The van der Waals surface area contributed by atoms with E-state index >= 15 is 0 Å². The predicted octanol–water partition coefficient (Wildman–Crippen LogP) is 0.850. The zero-order valence-electron chi connectivity index (χ0n) is 8.31. The molecule has 76 valence electrons. The number of hydrazine groups is 1. The van der Waals surface area contributed by atoms with Crippen LogP contribution in [0.4, 0.5) is 0 Å². The summed E-state index contributed by atoms with van der Waals surface area (Å²) in [5.41, 5.74) is 0.673. The highest BCUT2D eigenvalue weighted by atomic mass is 16.1. The molecular weight excluding hydrogens is 178 g/mol. The van der Waals surface area contributed by atoms with Crippen molar-refractivity contribution in [2.24, 2.45) is 5.84 Å². The number of carbonyl (C=O) groups is 1. The first-order valence-corrected chi connectivity index (χ1v) is 4.59. The summed E-state index contributed by atoms with van der Waals surface area (Å²) < 4.78 is 0. The number of ketones is 1. The van der Waals surface area contributed by atoms with E-state index < -0.39 is 0 Å². The van der Waals surface area contributed by atoms with Crippen molar-refractivity contribution in [3.8, 4) is 0 Å². The van der Waals surface area contributed by atoms with Gasteiger partial charge in [-0.25, -0.2) is 0 Å². The van der Waals surface area contributed by atoms with Crippen LogP contribution in [0.2, 0.25) is 0 Å². The molecule has 0 aliphatic heterocycles. The third-order valence-electron chi connectivity index (χ3n) is 1.90. The molecule has 0 spiro atoms. The number of rotatable bonds is 5. The summed E-state index contributed by atoms with van der Waals surface area (Å²) in [5, 5.41) is 1.58. The zero-order chi connectivity index (χ0) is 10.4. The maximum Gasteiger partial charge on any atom is 0.164 e. The highest BCUT2D eigenvalue weighted by Gasteiger charge is 2.04. The second-order valence-electron chi connectivity index (χ2n) is 3.25. The van der Waals surface area contributed by atoms with Gasteiger partial charge in [-0.05, 0) is 18.6 Å². The summed E-state index contributed by atoms with van der Waals surface area (Å²) in [4.78, 5) is 15.4. The Bertz CT molecular complexity index is 285. The van der Waals surface area contributed by atoms with Gasteiger partial charge in [-0.3, -0.25) is 20.6 Å². The summed E-state index contributed by atoms with van der Waals surface area (Å²) in [7, 11) is 1.79. The fourth-order valence-electron chi connectivity index (χ4n) is 1.16. The van der Waals surface area contributed by atoms with Crippen LogP contribution < -0.4 is 5.84 Å². The van der Waals surface area contributed by atoms with Gasteiger partial charge in [-0.1, -0.05) is 0 Å². The molecule has 0 atom stereocenters. The van der Waals surface area contributed by atoms with Crippen molar-refractivity contribution in [1.29, 1.82) is 0 Å². The fraction of sp³-hybridized carbons (Fsp3) is 0.400. The first-order chi connectivity index (χ1) is 6.70. The van der Waals surface area contributed by atoms with E-state index in [-0.39, 0.29) is 5.78 Å². The van der Waals surface area contributed by atoms with Gasteiger partial charge in [0.05, 0.1) is 0 Å². The number of nitrogens with zero attached hydrogens (tertiary/aromatic N) is 2. The molecule has 1 rings (SSSR count). The van der Waals surface area contributed by atoms with Crippen LogP contribution in [-0.2, 0) is 0 Å². The minimum Gasteiger partial charge on any atom is -0.294 e. The molecule has 1 aromatic rings. The van der Waals surface area contributed by atoms with Crippen molar-refractivity contribution in [3.63, 3.8) is 0 Å². The van der Waals surface area contributed by atoms with Crippen LogP contribution >= 0.6 is 0 Å². The number of pyridine rings is 1. The smallest absolute Gasteiger partial charge is 0.164 e. The molecule has 0 aliphatic carbocycles. The van der Waals surface area contributed by atoms with Crippen LogP contribution in [0.15, 0.2) is 24.5 Å². The van der Waals surface area contributed by atoms with E-state index in [9.17, 15) is 4.79 Å². The largest absolute Gasteiger partial charge is 0.294 e. The third kappa shape index (κ3) is 3.64. The van der Waals surface area contributed by atoms with Crippen molar-refractivity contribution in [2.45, 2.75) is 12.8 Å². The van der Waals surface area contributed by atoms with Gasteiger partial charge in [0.1, 0.15) is 0 Å². The van der Waals surface area contributed by atoms with Gasteiger partial charge < -0.3 is 0 Å². The molecule has 0 amide bonds. The molecule has 0 radical (unpaired) electrons. The monoisotopic (exact) mass is 193 g/mol. The van der Waals surface area contributed by atoms with Gasteiger partial charge in [-0.15, -0.1) is 0 Å². The Morgan fingerprint density at radius 2 is 2.43 bits per heavy atom. The second kappa shape index (κ2) is 5.47. The summed E-state index contributed by atoms with van der Waals surface area (Å²) in [6, 6.07) is 3.55. The number of hydrogen-bond acceptors (Lipinski definition) is 4. The normalized spacial score (nSPS) is 10.5. The van der Waals surface area contributed by atoms with Crippen molar-refractivity contribution < 1.29 is 4.79 Å². The average molecular weight is 193 g/mol. The van der Waals surface area contributed by atoms with Crippen molar-refractivity contribution in [3.05, 3.63) is 30.1 Å². The number of hydrogen-bond donors (Lipinski definition) is 1. The minimum atomic E-state index is 0.125. The van der Waals surface area contributed by atoms with E-state index in [0.29, 0.717) is 12.0 Å². The van der Waals surface area contributed by atoms with Gasteiger partial charge in [0.2, 0.25) is 0 Å². The molecule has 0 aliphatic rings. The Labute approximate surface area is 83.7 Å². The molecule has 0 bridgehead atoms. The maximum absolute atomic E-state index is 11.5.